The standard InChI is InChI=1S/C27H30N2O3/c1-21(32-25-16-10-9-15-24(25)31-2)27(30)29-19-17-28(18-20-29)26(22-11-5-3-6-12-22)23-13-7-4-8-14-23/h3-16,21,26H,17-20H2,1-2H3/t21-/m1/s1. The van der Waals surface area contributed by atoms with Crippen molar-refractivity contribution in [2.24, 2.45) is 0 Å². The highest BCUT2D eigenvalue weighted by atomic mass is 16.5. The van der Waals surface area contributed by atoms with Gasteiger partial charge in [0.05, 0.1) is 13.2 Å². The Balaban J connectivity index is 1.42. The molecular weight excluding hydrogens is 400 g/mol. The van der Waals surface area contributed by atoms with Crippen LogP contribution in [-0.2, 0) is 4.79 Å². The summed E-state index contributed by atoms with van der Waals surface area (Å²) in [6.07, 6.45) is -0.572. The maximum Gasteiger partial charge on any atom is 0.263 e. The summed E-state index contributed by atoms with van der Waals surface area (Å²) in [6.45, 7) is 4.77. The molecule has 0 aliphatic carbocycles. The van der Waals surface area contributed by atoms with Crippen molar-refractivity contribution in [2.75, 3.05) is 33.3 Å². The number of piperazine rings is 1. The van der Waals surface area contributed by atoms with E-state index in [0.717, 1.165) is 13.1 Å². The lowest BCUT2D eigenvalue weighted by Gasteiger charge is -2.40. The number of benzene rings is 3. The van der Waals surface area contributed by atoms with Crippen molar-refractivity contribution < 1.29 is 14.3 Å². The van der Waals surface area contributed by atoms with E-state index in [1.54, 1.807) is 14.0 Å². The Hall–Kier alpha value is -3.31. The van der Waals surface area contributed by atoms with Crippen molar-refractivity contribution in [2.45, 2.75) is 19.1 Å². The normalized spacial score (nSPS) is 15.4. The highest BCUT2D eigenvalue weighted by Gasteiger charge is 2.30. The zero-order valence-corrected chi connectivity index (χ0v) is 18.7. The molecule has 0 aromatic heterocycles. The van der Waals surface area contributed by atoms with Crippen molar-refractivity contribution in [1.82, 2.24) is 9.80 Å². The monoisotopic (exact) mass is 430 g/mol. The molecule has 0 N–H and O–H groups in total. The molecule has 0 bridgehead atoms. The third-order valence-corrected chi connectivity index (χ3v) is 5.94. The number of rotatable bonds is 7. The van der Waals surface area contributed by atoms with Crippen molar-refractivity contribution in [3.05, 3.63) is 96.1 Å². The Morgan fingerprint density at radius 3 is 1.78 bits per heavy atom. The molecule has 5 heteroatoms. The molecule has 3 aromatic rings. The average molecular weight is 431 g/mol. The fourth-order valence-corrected chi connectivity index (χ4v) is 4.30. The number of carbonyl (C=O) groups is 1. The second-order valence-corrected chi connectivity index (χ2v) is 8.00. The number of ether oxygens (including phenoxy) is 2. The van der Waals surface area contributed by atoms with Gasteiger partial charge < -0.3 is 14.4 Å². The van der Waals surface area contributed by atoms with Gasteiger partial charge in [-0.3, -0.25) is 9.69 Å². The van der Waals surface area contributed by atoms with Gasteiger partial charge in [0.1, 0.15) is 0 Å². The first-order valence-electron chi connectivity index (χ1n) is 11.1. The molecule has 3 aromatic carbocycles. The third-order valence-electron chi connectivity index (χ3n) is 5.94. The number of carbonyl (C=O) groups excluding carboxylic acids is 1. The number of hydrogen-bond acceptors (Lipinski definition) is 4. The molecule has 5 nitrogen and oxygen atoms in total. The van der Waals surface area contributed by atoms with Crippen LogP contribution < -0.4 is 9.47 Å². The quantitative estimate of drug-likeness (QED) is 0.557. The van der Waals surface area contributed by atoms with E-state index in [9.17, 15) is 4.79 Å². The number of hydrogen-bond donors (Lipinski definition) is 0. The van der Waals surface area contributed by atoms with Gasteiger partial charge in [0.2, 0.25) is 0 Å². The van der Waals surface area contributed by atoms with Crippen LogP contribution in [0.15, 0.2) is 84.9 Å². The summed E-state index contributed by atoms with van der Waals surface area (Å²) >= 11 is 0. The smallest absolute Gasteiger partial charge is 0.263 e. The van der Waals surface area contributed by atoms with E-state index >= 15 is 0 Å². The van der Waals surface area contributed by atoms with Crippen LogP contribution >= 0.6 is 0 Å². The molecule has 1 heterocycles. The van der Waals surface area contributed by atoms with Gasteiger partial charge in [-0.25, -0.2) is 0 Å². The predicted octanol–water partition coefficient (Wildman–Crippen LogP) is 4.40. The van der Waals surface area contributed by atoms with E-state index in [0.29, 0.717) is 24.6 Å². The Morgan fingerprint density at radius 1 is 0.750 bits per heavy atom. The van der Waals surface area contributed by atoms with Gasteiger partial charge in [-0.2, -0.15) is 0 Å². The first kappa shape index (κ1) is 21.9. The number of amides is 1. The average Bonchev–Trinajstić information content (AvgIpc) is 2.86. The van der Waals surface area contributed by atoms with Crippen LogP contribution in [-0.4, -0.2) is 55.1 Å². The Morgan fingerprint density at radius 2 is 1.25 bits per heavy atom. The lowest BCUT2D eigenvalue weighted by molar-refractivity contribution is -0.140. The third kappa shape index (κ3) is 4.94. The lowest BCUT2D eigenvalue weighted by Crippen LogP contribution is -2.52. The highest BCUT2D eigenvalue weighted by Crippen LogP contribution is 2.30. The van der Waals surface area contributed by atoms with Crippen molar-refractivity contribution in [3.63, 3.8) is 0 Å². The fraction of sp³-hybridized carbons (Fsp3) is 0.296. The summed E-state index contributed by atoms with van der Waals surface area (Å²) in [5.74, 6) is 1.22. The minimum Gasteiger partial charge on any atom is -0.493 e. The molecule has 1 fully saturated rings. The Labute approximate surface area is 190 Å². The van der Waals surface area contributed by atoms with Crippen molar-refractivity contribution in [1.29, 1.82) is 0 Å². The van der Waals surface area contributed by atoms with Gasteiger partial charge in [0.15, 0.2) is 17.6 Å². The maximum absolute atomic E-state index is 13.1. The first-order valence-corrected chi connectivity index (χ1v) is 11.1. The van der Waals surface area contributed by atoms with E-state index in [2.05, 4.69) is 53.4 Å². The zero-order chi connectivity index (χ0) is 22.3. The van der Waals surface area contributed by atoms with Gasteiger partial charge in [-0.1, -0.05) is 72.8 Å². The second-order valence-electron chi connectivity index (χ2n) is 8.00. The molecule has 0 radical (unpaired) electrons. The molecule has 0 unspecified atom stereocenters. The molecule has 1 aliphatic rings. The van der Waals surface area contributed by atoms with E-state index in [-0.39, 0.29) is 11.9 Å². The Kier molecular flexibility index (Phi) is 7.07. The SMILES string of the molecule is COc1ccccc1O[C@H](C)C(=O)N1CCN(C(c2ccccc2)c2ccccc2)CC1. The molecule has 0 spiro atoms. The van der Waals surface area contributed by atoms with Gasteiger partial charge in [-0.05, 0) is 30.2 Å². The number of nitrogens with zero attached hydrogens (tertiary/aromatic N) is 2. The summed E-state index contributed by atoms with van der Waals surface area (Å²) in [7, 11) is 1.60. The number of para-hydroxylation sites is 2. The highest BCUT2D eigenvalue weighted by molar-refractivity contribution is 5.81. The molecule has 1 atom stereocenters. The van der Waals surface area contributed by atoms with Gasteiger partial charge in [0, 0.05) is 26.2 Å². The fourth-order valence-electron chi connectivity index (χ4n) is 4.30. The lowest BCUT2D eigenvalue weighted by atomic mass is 9.96. The van der Waals surface area contributed by atoms with E-state index in [4.69, 9.17) is 9.47 Å². The van der Waals surface area contributed by atoms with Crippen LogP contribution in [0.3, 0.4) is 0 Å². The molecular formula is C27H30N2O3. The summed E-state index contributed by atoms with van der Waals surface area (Å²) < 4.78 is 11.3. The topological polar surface area (TPSA) is 42.0 Å². The number of methoxy groups -OCH3 is 1. The summed E-state index contributed by atoms with van der Waals surface area (Å²) in [6, 6.07) is 28.7. The van der Waals surface area contributed by atoms with Gasteiger partial charge in [-0.15, -0.1) is 0 Å². The zero-order valence-electron chi connectivity index (χ0n) is 18.7. The molecule has 166 valence electrons. The minimum absolute atomic E-state index is 0.00604. The van der Waals surface area contributed by atoms with Crippen LogP contribution in [0, 0.1) is 0 Å². The van der Waals surface area contributed by atoms with Crippen LogP contribution in [0.2, 0.25) is 0 Å². The van der Waals surface area contributed by atoms with Gasteiger partial charge >= 0.3 is 0 Å². The summed E-state index contributed by atoms with van der Waals surface area (Å²) in [5, 5.41) is 0. The van der Waals surface area contributed by atoms with E-state index in [1.165, 1.54) is 11.1 Å². The minimum atomic E-state index is -0.572. The Bertz CT molecular complexity index is 962. The molecule has 4 rings (SSSR count). The van der Waals surface area contributed by atoms with Crippen molar-refractivity contribution >= 4 is 5.91 Å². The molecule has 32 heavy (non-hydrogen) atoms. The summed E-state index contributed by atoms with van der Waals surface area (Å²) in [5.41, 5.74) is 2.54. The van der Waals surface area contributed by atoms with Crippen LogP contribution in [0.4, 0.5) is 0 Å². The molecule has 0 saturated carbocycles. The van der Waals surface area contributed by atoms with Crippen LogP contribution in [0.1, 0.15) is 24.1 Å². The molecule has 1 aliphatic heterocycles. The second kappa shape index (κ2) is 10.3. The molecule has 1 amide bonds. The predicted molar refractivity (Wildman–Crippen MR) is 126 cm³/mol. The van der Waals surface area contributed by atoms with E-state index < -0.39 is 6.10 Å². The van der Waals surface area contributed by atoms with Gasteiger partial charge in [0.25, 0.3) is 5.91 Å². The van der Waals surface area contributed by atoms with Crippen LogP contribution in [0.5, 0.6) is 11.5 Å². The maximum atomic E-state index is 13.1. The summed E-state index contributed by atoms with van der Waals surface area (Å²) in [4.78, 5) is 17.4. The van der Waals surface area contributed by atoms with Crippen LogP contribution in [0.25, 0.3) is 0 Å². The largest absolute Gasteiger partial charge is 0.493 e. The first-order chi connectivity index (χ1) is 15.7. The molecule has 1 saturated heterocycles. The van der Waals surface area contributed by atoms with E-state index in [1.807, 2.05) is 41.3 Å². The van der Waals surface area contributed by atoms with Crippen molar-refractivity contribution in [3.8, 4) is 11.5 Å².